The summed E-state index contributed by atoms with van der Waals surface area (Å²) in [5.41, 5.74) is 9.10. The molecule has 2 rings (SSSR count). The van der Waals surface area contributed by atoms with E-state index in [0.717, 1.165) is 25.8 Å². The zero-order valence-electron chi connectivity index (χ0n) is 13.5. The van der Waals surface area contributed by atoms with E-state index >= 15 is 0 Å². The first-order valence-corrected chi connectivity index (χ1v) is 8.36. The molecular weight excluding hydrogens is 260 g/mol. The molecule has 0 bridgehead atoms. The fourth-order valence-corrected chi connectivity index (χ4v) is 3.53. The Labute approximate surface area is 129 Å². The monoisotopic (exact) mass is 290 g/mol. The summed E-state index contributed by atoms with van der Waals surface area (Å²) in [5.74, 6) is 0. The summed E-state index contributed by atoms with van der Waals surface area (Å²) in [6.07, 6.45) is 5.44. The first-order valence-electron chi connectivity index (χ1n) is 8.36. The normalized spacial score (nSPS) is 22.4. The lowest BCUT2D eigenvalue weighted by atomic mass is 9.94. The number of nitrogens with zero attached hydrogens (tertiary/aromatic N) is 1. The van der Waals surface area contributed by atoms with Crippen molar-refractivity contribution in [3.63, 3.8) is 0 Å². The van der Waals surface area contributed by atoms with Gasteiger partial charge in [-0.05, 0) is 51.1 Å². The maximum absolute atomic E-state index is 9.11. The molecule has 0 spiro atoms. The third-order valence-corrected chi connectivity index (χ3v) is 4.77. The summed E-state index contributed by atoms with van der Waals surface area (Å²) in [6.45, 7) is 5.71. The Morgan fingerprint density at radius 2 is 2.05 bits per heavy atom. The number of aliphatic hydroxyl groups excluding tert-OH is 1. The van der Waals surface area contributed by atoms with Crippen LogP contribution in [0.2, 0.25) is 0 Å². The largest absolute Gasteiger partial charge is 0.396 e. The van der Waals surface area contributed by atoms with E-state index in [2.05, 4.69) is 43.0 Å². The van der Waals surface area contributed by atoms with Crippen LogP contribution in [-0.2, 0) is 0 Å². The highest BCUT2D eigenvalue weighted by atomic mass is 16.2. The smallest absolute Gasteiger partial charge is 0.0501 e. The van der Waals surface area contributed by atoms with Gasteiger partial charge in [0.05, 0.1) is 6.04 Å². The molecule has 1 fully saturated rings. The highest BCUT2D eigenvalue weighted by Gasteiger charge is 2.33. The van der Waals surface area contributed by atoms with Crippen molar-refractivity contribution in [1.82, 2.24) is 4.90 Å². The van der Waals surface area contributed by atoms with Gasteiger partial charge >= 0.3 is 0 Å². The second-order valence-electron chi connectivity index (χ2n) is 6.33. The Balaban J connectivity index is 2.20. The zero-order valence-corrected chi connectivity index (χ0v) is 13.5. The van der Waals surface area contributed by atoms with Crippen molar-refractivity contribution in [2.24, 2.45) is 5.73 Å². The molecule has 3 nitrogen and oxygen atoms in total. The van der Waals surface area contributed by atoms with Crippen molar-refractivity contribution in [1.29, 1.82) is 0 Å². The van der Waals surface area contributed by atoms with E-state index in [-0.39, 0.29) is 6.04 Å². The van der Waals surface area contributed by atoms with E-state index in [1.807, 2.05) is 0 Å². The summed E-state index contributed by atoms with van der Waals surface area (Å²) >= 11 is 0. The molecule has 1 aliphatic heterocycles. The van der Waals surface area contributed by atoms with Crippen LogP contribution in [0.25, 0.3) is 0 Å². The van der Waals surface area contributed by atoms with Crippen molar-refractivity contribution in [2.75, 3.05) is 13.2 Å². The van der Waals surface area contributed by atoms with Crippen LogP contribution in [-0.4, -0.2) is 35.2 Å². The molecule has 21 heavy (non-hydrogen) atoms. The van der Waals surface area contributed by atoms with Crippen molar-refractivity contribution >= 4 is 0 Å². The molecule has 3 atom stereocenters. The van der Waals surface area contributed by atoms with E-state index in [1.165, 1.54) is 24.0 Å². The molecule has 0 aliphatic carbocycles. The number of rotatable bonds is 7. The topological polar surface area (TPSA) is 49.5 Å². The number of hydrogen-bond acceptors (Lipinski definition) is 3. The molecule has 0 radical (unpaired) electrons. The Morgan fingerprint density at radius 3 is 2.67 bits per heavy atom. The molecule has 3 heteroatoms. The minimum Gasteiger partial charge on any atom is -0.396 e. The minimum absolute atomic E-state index is 0.169. The van der Waals surface area contributed by atoms with Crippen LogP contribution >= 0.6 is 0 Å². The zero-order chi connectivity index (χ0) is 15.2. The van der Waals surface area contributed by atoms with Crippen LogP contribution in [0.15, 0.2) is 24.3 Å². The lowest BCUT2D eigenvalue weighted by Gasteiger charge is -2.37. The van der Waals surface area contributed by atoms with Gasteiger partial charge in [-0.1, -0.05) is 36.8 Å². The van der Waals surface area contributed by atoms with Gasteiger partial charge in [0.1, 0.15) is 0 Å². The molecule has 1 aliphatic rings. The molecule has 3 N–H and O–H groups in total. The summed E-state index contributed by atoms with van der Waals surface area (Å²) in [5, 5.41) is 9.11. The Hall–Kier alpha value is -0.900. The molecule has 0 saturated carbocycles. The summed E-state index contributed by atoms with van der Waals surface area (Å²) in [4.78, 5) is 2.59. The maximum atomic E-state index is 9.11. The predicted molar refractivity (Wildman–Crippen MR) is 88.2 cm³/mol. The molecule has 1 aromatic carbocycles. The molecular formula is C18H30N2O. The Bertz CT molecular complexity index is 418. The summed E-state index contributed by atoms with van der Waals surface area (Å²) in [7, 11) is 0. The van der Waals surface area contributed by atoms with E-state index < -0.39 is 0 Å². The van der Waals surface area contributed by atoms with Crippen LogP contribution in [0.5, 0.6) is 0 Å². The van der Waals surface area contributed by atoms with Crippen molar-refractivity contribution in [3.05, 3.63) is 35.4 Å². The number of benzene rings is 1. The van der Waals surface area contributed by atoms with Gasteiger partial charge in [-0.2, -0.15) is 0 Å². The van der Waals surface area contributed by atoms with Gasteiger partial charge in [-0.3, -0.25) is 4.90 Å². The van der Waals surface area contributed by atoms with Gasteiger partial charge < -0.3 is 10.8 Å². The number of nitrogens with two attached hydrogens (primary N) is 1. The Kier molecular flexibility index (Phi) is 6.22. The van der Waals surface area contributed by atoms with Gasteiger partial charge in [0.2, 0.25) is 0 Å². The molecule has 3 unspecified atom stereocenters. The SMILES string of the molecule is CCC(N)C(c1ccc(C)cc1)N1CCCC1CCCO. The highest BCUT2D eigenvalue weighted by molar-refractivity contribution is 5.26. The van der Waals surface area contributed by atoms with Crippen molar-refractivity contribution < 1.29 is 5.11 Å². The number of aryl methyl sites for hydroxylation is 1. The highest BCUT2D eigenvalue weighted by Crippen LogP contribution is 2.34. The fourth-order valence-electron chi connectivity index (χ4n) is 3.53. The molecule has 118 valence electrons. The van der Waals surface area contributed by atoms with Crippen LogP contribution in [0.1, 0.15) is 56.2 Å². The summed E-state index contributed by atoms with van der Waals surface area (Å²) < 4.78 is 0. The van der Waals surface area contributed by atoms with Crippen LogP contribution in [0, 0.1) is 6.92 Å². The maximum Gasteiger partial charge on any atom is 0.0501 e. The first kappa shape index (κ1) is 16.5. The van der Waals surface area contributed by atoms with E-state index in [0.29, 0.717) is 18.7 Å². The van der Waals surface area contributed by atoms with Crippen LogP contribution < -0.4 is 5.73 Å². The van der Waals surface area contributed by atoms with E-state index in [1.54, 1.807) is 0 Å². The van der Waals surface area contributed by atoms with Crippen molar-refractivity contribution in [2.45, 2.75) is 64.1 Å². The summed E-state index contributed by atoms with van der Waals surface area (Å²) in [6, 6.07) is 9.88. The molecule has 0 aromatic heterocycles. The van der Waals surface area contributed by atoms with Gasteiger partial charge in [0.15, 0.2) is 0 Å². The minimum atomic E-state index is 0.169. The van der Waals surface area contributed by atoms with Crippen LogP contribution in [0.4, 0.5) is 0 Å². The van der Waals surface area contributed by atoms with Crippen LogP contribution in [0.3, 0.4) is 0 Å². The molecule has 1 saturated heterocycles. The third-order valence-electron chi connectivity index (χ3n) is 4.77. The van der Waals surface area contributed by atoms with E-state index in [9.17, 15) is 0 Å². The van der Waals surface area contributed by atoms with Crippen molar-refractivity contribution in [3.8, 4) is 0 Å². The lowest BCUT2D eigenvalue weighted by Crippen LogP contribution is -2.43. The van der Waals surface area contributed by atoms with Gasteiger partial charge in [0.25, 0.3) is 0 Å². The fraction of sp³-hybridized carbons (Fsp3) is 0.667. The average molecular weight is 290 g/mol. The molecule has 0 amide bonds. The Morgan fingerprint density at radius 1 is 1.33 bits per heavy atom. The number of likely N-dealkylation sites (tertiary alicyclic amines) is 1. The molecule has 1 aromatic rings. The second kappa shape index (κ2) is 7.92. The standard InChI is InChI=1S/C18H30N2O/c1-3-17(19)18(15-10-8-14(2)9-11-15)20-12-4-6-16(20)7-5-13-21/h8-11,16-18,21H,3-7,12-13,19H2,1-2H3. The van der Waals surface area contributed by atoms with Gasteiger partial charge in [-0.15, -0.1) is 0 Å². The van der Waals surface area contributed by atoms with E-state index in [4.69, 9.17) is 10.8 Å². The number of hydrogen-bond donors (Lipinski definition) is 2. The molecule has 1 heterocycles. The quantitative estimate of drug-likeness (QED) is 0.811. The second-order valence-corrected chi connectivity index (χ2v) is 6.33. The first-order chi connectivity index (χ1) is 10.2. The number of aliphatic hydroxyl groups is 1. The van der Waals surface area contributed by atoms with Gasteiger partial charge in [-0.25, -0.2) is 0 Å². The van der Waals surface area contributed by atoms with Gasteiger partial charge in [0, 0.05) is 18.7 Å². The third kappa shape index (κ3) is 4.06. The lowest BCUT2D eigenvalue weighted by molar-refractivity contribution is 0.140. The predicted octanol–water partition coefficient (Wildman–Crippen LogP) is 3.01. The average Bonchev–Trinajstić information content (AvgIpc) is 2.95.